The maximum absolute atomic E-state index is 10.0. The van der Waals surface area contributed by atoms with Crippen LogP contribution in [0.3, 0.4) is 0 Å². The predicted octanol–water partition coefficient (Wildman–Crippen LogP) is -0.703. The Balaban J connectivity index is 3.52. The van der Waals surface area contributed by atoms with Crippen LogP contribution >= 0.6 is 0 Å². The Morgan fingerprint density at radius 2 is 2.50 bits per heavy atom. The van der Waals surface area contributed by atoms with Crippen LogP contribution in [-0.2, 0) is 14.3 Å². The molecule has 1 radical (unpaired) electrons. The summed E-state index contributed by atoms with van der Waals surface area (Å²) in [5.41, 5.74) is 0. The summed E-state index contributed by atoms with van der Waals surface area (Å²) in [4.78, 5) is 22.2. The Bertz CT molecular complexity index is 118. The van der Waals surface area contributed by atoms with E-state index in [0.29, 0.717) is 0 Å². The van der Waals surface area contributed by atoms with Crippen molar-refractivity contribution in [2.75, 3.05) is 7.11 Å². The largest absolute Gasteiger partial charge is 0.465 e. The fourth-order valence-electron chi connectivity index (χ4n) is 0.132. The number of rotatable bonds is 2. The molecule has 0 aromatic carbocycles. The molecule has 0 saturated carbocycles. The molecule has 0 aliphatic carbocycles. The summed E-state index contributed by atoms with van der Waals surface area (Å²) in [6.07, 6.45) is 1.89. The number of carbonyl (C=O) groups excluding carboxylic acids is 2. The minimum Gasteiger partial charge on any atom is -0.465 e. The molecule has 0 heterocycles. The van der Waals surface area contributed by atoms with Crippen LogP contribution < -0.4 is 0 Å². The number of carbonyl (C=O) groups is 1. The average Bonchev–Trinajstić information content (AvgIpc) is 1.83. The molecule has 4 nitrogen and oxygen atoms in total. The van der Waals surface area contributed by atoms with E-state index in [0.717, 1.165) is 12.6 Å². The monoisotopic (exact) mass is 114 g/mol. The molecule has 0 fully saturated rings. The number of hydrogen-bond acceptors (Lipinski definition) is 3. The topological polar surface area (TPSA) is 55.7 Å². The van der Waals surface area contributed by atoms with Gasteiger partial charge in [-0.05, 0) is 0 Å². The second kappa shape index (κ2) is 3.98. The van der Waals surface area contributed by atoms with Crippen molar-refractivity contribution in [3.05, 3.63) is 0 Å². The molecule has 0 spiro atoms. The van der Waals surface area contributed by atoms with E-state index in [4.69, 9.17) is 0 Å². The Labute approximate surface area is 46.2 Å². The van der Waals surface area contributed by atoms with Gasteiger partial charge in [0.2, 0.25) is 0 Å². The summed E-state index contributed by atoms with van der Waals surface area (Å²) in [5, 5.41) is 0. The molecule has 0 atom stereocenters. The fraction of sp³-hybridized carbons (Fsp3) is 0.250. The molecule has 0 aliphatic rings. The van der Waals surface area contributed by atoms with E-state index >= 15 is 0 Å². The second-order valence-corrected chi connectivity index (χ2v) is 0.873. The van der Waals surface area contributed by atoms with Crippen molar-refractivity contribution >= 4 is 18.6 Å². The normalized spacial score (nSPS) is 9.12. The second-order valence-electron chi connectivity index (χ2n) is 0.873. The average molecular weight is 114 g/mol. The number of nitrogens with zero attached hydrogens (tertiary/aromatic N) is 1. The van der Waals surface area contributed by atoms with E-state index in [1.165, 1.54) is 7.11 Å². The molecule has 0 unspecified atom stereocenters. The Kier molecular flexibility index (Phi) is 3.39. The van der Waals surface area contributed by atoms with Gasteiger partial charge in [0.05, 0.1) is 7.11 Å². The lowest BCUT2D eigenvalue weighted by Gasteiger charge is -1.83. The van der Waals surface area contributed by atoms with Gasteiger partial charge in [0.15, 0.2) is 0 Å². The van der Waals surface area contributed by atoms with Gasteiger partial charge in [-0.25, -0.2) is 9.79 Å². The Morgan fingerprint density at radius 3 is 2.88 bits per heavy atom. The van der Waals surface area contributed by atoms with E-state index in [2.05, 4.69) is 9.73 Å². The summed E-state index contributed by atoms with van der Waals surface area (Å²) in [7, 11) is 1.19. The number of methoxy groups -OCH3 is 1. The van der Waals surface area contributed by atoms with Gasteiger partial charge in [-0.1, -0.05) is 0 Å². The van der Waals surface area contributed by atoms with E-state index in [1.54, 1.807) is 0 Å². The molecule has 8 heavy (non-hydrogen) atoms. The SMILES string of the molecule is COC(=O)/C=N/[C]=O. The summed E-state index contributed by atoms with van der Waals surface area (Å²) in [5.74, 6) is -0.659. The number of esters is 1. The van der Waals surface area contributed by atoms with Crippen LogP contribution in [0.25, 0.3) is 0 Å². The van der Waals surface area contributed by atoms with Crippen molar-refractivity contribution in [3.8, 4) is 0 Å². The molecule has 0 aliphatic heterocycles. The van der Waals surface area contributed by atoms with Crippen LogP contribution in [-0.4, -0.2) is 25.7 Å². The van der Waals surface area contributed by atoms with Crippen LogP contribution in [0.2, 0.25) is 0 Å². The molecule has 1 amide bonds. The molecule has 4 heteroatoms. The van der Waals surface area contributed by atoms with Gasteiger partial charge in [-0.15, -0.1) is 0 Å². The summed E-state index contributed by atoms with van der Waals surface area (Å²) in [6, 6.07) is 0. The minimum atomic E-state index is -0.659. The van der Waals surface area contributed by atoms with Gasteiger partial charge >= 0.3 is 12.4 Å². The zero-order chi connectivity index (χ0) is 6.41. The first-order valence-corrected chi connectivity index (χ1v) is 1.79. The molecule has 0 N–H and O–H groups in total. The van der Waals surface area contributed by atoms with Gasteiger partial charge in [0.1, 0.15) is 6.21 Å². The van der Waals surface area contributed by atoms with Crippen molar-refractivity contribution in [1.29, 1.82) is 0 Å². The third-order valence-electron chi connectivity index (χ3n) is 0.424. The number of ether oxygens (including phenoxy) is 1. The molecule has 0 bridgehead atoms. The quantitative estimate of drug-likeness (QED) is 0.352. The van der Waals surface area contributed by atoms with Crippen LogP contribution in [0.1, 0.15) is 0 Å². The van der Waals surface area contributed by atoms with Crippen LogP contribution in [0.5, 0.6) is 0 Å². The van der Waals surface area contributed by atoms with Gasteiger partial charge < -0.3 is 4.74 Å². The lowest BCUT2D eigenvalue weighted by molar-refractivity contribution is -0.132. The maximum Gasteiger partial charge on any atom is 0.349 e. The molecular weight excluding hydrogens is 110 g/mol. The van der Waals surface area contributed by atoms with Crippen molar-refractivity contribution in [3.63, 3.8) is 0 Å². The van der Waals surface area contributed by atoms with Crippen molar-refractivity contribution in [2.24, 2.45) is 4.99 Å². The van der Waals surface area contributed by atoms with E-state index in [9.17, 15) is 9.59 Å². The molecule has 0 saturated heterocycles. The highest BCUT2D eigenvalue weighted by Gasteiger charge is 1.88. The molecule has 43 valence electrons. The minimum absolute atomic E-state index is 0.659. The lowest BCUT2D eigenvalue weighted by Crippen LogP contribution is -2.00. The highest BCUT2D eigenvalue weighted by Crippen LogP contribution is 1.64. The maximum atomic E-state index is 10.0. The van der Waals surface area contributed by atoms with E-state index < -0.39 is 5.97 Å². The zero-order valence-electron chi connectivity index (χ0n) is 4.25. The third kappa shape index (κ3) is 3.02. The van der Waals surface area contributed by atoms with Crippen LogP contribution in [0.15, 0.2) is 4.99 Å². The summed E-state index contributed by atoms with van der Waals surface area (Å²) >= 11 is 0. The molecule has 0 aromatic heterocycles. The first-order valence-electron chi connectivity index (χ1n) is 1.79. The van der Waals surface area contributed by atoms with Crippen molar-refractivity contribution < 1.29 is 14.3 Å². The lowest BCUT2D eigenvalue weighted by atomic mass is 10.7. The zero-order valence-corrected chi connectivity index (χ0v) is 4.25. The van der Waals surface area contributed by atoms with Crippen LogP contribution in [0.4, 0.5) is 0 Å². The highest BCUT2D eigenvalue weighted by molar-refractivity contribution is 6.24. The molecule has 0 rings (SSSR count). The van der Waals surface area contributed by atoms with E-state index in [1.807, 2.05) is 0 Å². The Hall–Kier alpha value is -1.19. The van der Waals surface area contributed by atoms with E-state index in [-0.39, 0.29) is 0 Å². The molecular formula is C4H4NO3. The third-order valence-corrected chi connectivity index (χ3v) is 0.424. The summed E-state index contributed by atoms with van der Waals surface area (Å²) in [6.45, 7) is 0. The Morgan fingerprint density at radius 1 is 1.88 bits per heavy atom. The summed E-state index contributed by atoms with van der Waals surface area (Å²) < 4.78 is 4.09. The highest BCUT2D eigenvalue weighted by atomic mass is 16.5. The molecule has 0 aromatic rings. The van der Waals surface area contributed by atoms with Crippen molar-refractivity contribution in [2.45, 2.75) is 0 Å². The van der Waals surface area contributed by atoms with Crippen molar-refractivity contribution in [1.82, 2.24) is 0 Å². The van der Waals surface area contributed by atoms with Gasteiger partial charge in [-0.3, -0.25) is 4.79 Å². The van der Waals surface area contributed by atoms with Crippen LogP contribution in [0, 0.1) is 0 Å². The number of aliphatic imine (C=N–C) groups is 1. The fourth-order valence-corrected chi connectivity index (χ4v) is 0.132. The number of hydrogen-bond donors (Lipinski definition) is 0. The first kappa shape index (κ1) is 6.81. The smallest absolute Gasteiger partial charge is 0.349 e. The van der Waals surface area contributed by atoms with Gasteiger partial charge in [-0.2, -0.15) is 0 Å². The van der Waals surface area contributed by atoms with Gasteiger partial charge in [0, 0.05) is 0 Å². The standard InChI is InChI=1S/C4H4NO3/c1-8-4(7)2-5-3-6/h2H,1H3/b5-2+. The number of amides is 1. The predicted molar refractivity (Wildman–Crippen MR) is 26.2 cm³/mol. The first-order chi connectivity index (χ1) is 3.81. The van der Waals surface area contributed by atoms with Gasteiger partial charge in [0.25, 0.3) is 0 Å².